The Morgan fingerprint density at radius 1 is 1.12 bits per heavy atom. The van der Waals surface area contributed by atoms with Crippen molar-refractivity contribution in [3.63, 3.8) is 0 Å². The summed E-state index contributed by atoms with van der Waals surface area (Å²) >= 11 is 1.51. The third kappa shape index (κ3) is 3.99. The normalized spacial score (nSPS) is 13.2. The summed E-state index contributed by atoms with van der Waals surface area (Å²) in [7, 11) is -3.62. The van der Waals surface area contributed by atoms with Crippen molar-refractivity contribution < 1.29 is 17.9 Å². The molecule has 0 aliphatic rings. The smallest absolute Gasteiger partial charge is 0.215 e. The van der Waals surface area contributed by atoms with Crippen LogP contribution < -0.4 is 4.72 Å². The van der Waals surface area contributed by atoms with E-state index in [0.717, 1.165) is 10.1 Å². The molecule has 3 rings (SSSR count). The van der Waals surface area contributed by atoms with Crippen LogP contribution in [-0.4, -0.2) is 20.1 Å². The summed E-state index contributed by atoms with van der Waals surface area (Å²) in [6.45, 7) is -0.107. The Labute approximate surface area is 143 Å². The number of hydrogen-bond donors (Lipinski definition) is 2. The molecule has 0 saturated carbocycles. The highest BCUT2D eigenvalue weighted by Gasteiger charge is 2.17. The first kappa shape index (κ1) is 17.0. The molecular formula is C17H16FNO3S2. The fourth-order valence-electron chi connectivity index (χ4n) is 2.42. The molecule has 1 heterocycles. The van der Waals surface area contributed by atoms with Crippen molar-refractivity contribution in [1.29, 1.82) is 0 Å². The Morgan fingerprint density at radius 2 is 1.83 bits per heavy atom. The quantitative estimate of drug-likeness (QED) is 0.705. The summed E-state index contributed by atoms with van der Waals surface area (Å²) in [6, 6.07) is 12.9. The van der Waals surface area contributed by atoms with Gasteiger partial charge in [-0.3, -0.25) is 0 Å². The lowest BCUT2D eigenvalue weighted by atomic mass is 10.1. The Kier molecular flexibility index (Phi) is 4.96. The summed E-state index contributed by atoms with van der Waals surface area (Å²) in [6.07, 6.45) is -0.927. The second-order valence-corrected chi connectivity index (χ2v) is 8.16. The van der Waals surface area contributed by atoms with E-state index in [1.165, 1.54) is 35.6 Å². The van der Waals surface area contributed by atoms with E-state index in [1.807, 2.05) is 29.6 Å². The van der Waals surface area contributed by atoms with Gasteiger partial charge >= 0.3 is 0 Å². The lowest BCUT2D eigenvalue weighted by Gasteiger charge is -2.12. The van der Waals surface area contributed by atoms with Crippen molar-refractivity contribution in [3.8, 4) is 0 Å². The number of rotatable bonds is 6. The second kappa shape index (κ2) is 6.98. The molecule has 0 aliphatic heterocycles. The zero-order valence-corrected chi connectivity index (χ0v) is 14.3. The van der Waals surface area contributed by atoms with Crippen molar-refractivity contribution in [2.45, 2.75) is 11.9 Å². The molecule has 4 nitrogen and oxygen atoms in total. The molecule has 24 heavy (non-hydrogen) atoms. The summed E-state index contributed by atoms with van der Waals surface area (Å²) in [4.78, 5) is 0. The van der Waals surface area contributed by atoms with Gasteiger partial charge in [-0.25, -0.2) is 17.5 Å². The molecule has 0 fully saturated rings. The van der Waals surface area contributed by atoms with Crippen LogP contribution in [0.4, 0.5) is 4.39 Å². The van der Waals surface area contributed by atoms with Crippen LogP contribution >= 0.6 is 11.3 Å². The summed E-state index contributed by atoms with van der Waals surface area (Å²) in [5.41, 5.74) is 1.19. The van der Waals surface area contributed by atoms with Gasteiger partial charge in [-0.1, -0.05) is 30.3 Å². The first-order chi connectivity index (χ1) is 11.4. The molecule has 0 spiro atoms. The van der Waals surface area contributed by atoms with E-state index in [4.69, 9.17) is 0 Å². The van der Waals surface area contributed by atoms with Crippen LogP contribution in [0, 0.1) is 5.82 Å². The van der Waals surface area contributed by atoms with E-state index < -0.39 is 21.9 Å². The first-order valence-corrected chi connectivity index (χ1v) is 9.84. The monoisotopic (exact) mass is 365 g/mol. The van der Waals surface area contributed by atoms with E-state index in [0.29, 0.717) is 11.1 Å². The number of aliphatic hydroxyl groups is 1. The highest BCUT2D eigenvalue weighted by atomic mass is 32.2. The van der Waals surface area contributed by atoms with Crippen molar-refractivity contribution in [2.24, 2.45) is 0 Å². The molecule has 1 aromatic heterocycles. The van der Waals surface area contributed by atoms with Crippen molar-refractivity contribution in [2.75, 3.05) is 6.54 Å². The third-order valence-electron chi connectivity index (χ3n) is 3.64. The van der Waals surface area contributed by atoms with E-state index in [9.17, 15) is 17.9 Å². The third-order valence-corrected chi connectivity index (χ3v) is 5.94. The van der Waals surface area contributed by atoms with Crippen molar-refractivity contribution in [1.82, 2.24) is 4.72 Å². The van der Waals surface area contributed by atoms with Gasteiger partial charge in [0.1, 0.15) is 5.82 Å². The number of sulfonamides is 1. The van der Waals surface area contributed by atoms with Gasteiger partial charge in [-0.2, -0.15) is 0 Å². The first-order valence-electron chi connectivity index (χ1n) is 7.30. The molecule has 1 unspecified atom stereocenters. The Morgan fingerprint density at radius 3 is 2.58 bits per heavy atom. The van der Waals surface area contributed by atoms with Crippen LogP contribution in [0.5, 0.6) is 0 Å². The van der Waals surface area contributed by atoms with E-state index in [1.54, 1.807) is 0 Å². The van der Waals surface area contributed by atoms with Gasteiger partial charge in [0.05, 0.1) is 11.9 Å². The van der Waals surface area contributed by atoms with Crippen LogP contribution in [0.2, 0.25) is 0 Å². The molecule has 1 atom stereocenters. The second-order valence-electron chi connectivity index (χ2n) is 5.44. The molecule has 0 bridgehead atoms. The number of fused-ring (bicyclic) bond motifs is 1. The van der Waals surface area contributed by atoms with E-state index >= 15 is 0 Å². The van der Waals surface area contributed by atoms with Crippen LogP contribution in [0.3, 0.4) is 0 Å². The van der Waals surface area contributed by atoms with Crippen LogP contribution in [0.1, 0.15) is 17.2 Å². The van der Waals surface area contributed by atoms with Gasteiger partial charge in [-0.05, 0) is 34.5 Å². The minimum Gasteiger partial charge on any atom is -0.387 e. The van der Waals surface area contributed by atoms with Crippen LogP contribution in [0.15, 0.2) is 53.9 Å². The van der Waals surface area contributed by atoms with Crippen molar-refractivity contribution in [3.05, 3.63) is 70.9 Å². The van der Waals surface area contributed by atoms with E-state index in [2.05, 4.69) is 4.72 Å². The largest absolute Gasteiger partial charge is 0.387 e. The van der Waals surface area contributed by atoms with Gasteiger partial charge in [0.15, 0.2) is 0 Å². The standard InChI is InChI=1S/C17H16FNO3S2/c18-13-7-5-12(6-8-13)11-24(21,22)19-9-16(20)15-10-23-17-4-2-1-3-14(15)17/h1-8,10,16,19-20H,9,11H2. The maximum absolute atomic E-state index is 12.9. The van der Waals surface area contributed by atoms with Crippen LogP contribution in [-0.2, 0) is 15.8 Å². The highest BCUT2D eigenvalue weighted by molar-refractivity contribution is 7.88. The number of nitrogens with one attached hydrogen (secondary N) is 1. The minimum atomic E-state index is -3.62. The molecule has 126 valence electrons. The zero-order valence-electron chi connectivity index (χ0n) is 12.6. The zero-order chi connectivity index (χ0) is 17.2. The van der Waals surface area contributed by atoms with Gasteiger partial charge in [0, 0.05) is 16.8 Å². The molecule has 0 aliphatic carbocycles. The van der Waals surface area contributed by atoms with Gasteiger partial charge in [0.25, 0.3) is 0 Å². The summed E-state index contributed by atoms with van der Waals surface area (Å²) in [5, 5.41) is 13.1. The van der Waals surface area contributed by atoms with Gasteiger partial charge in [0.2, 0.25) is 10.0 Å². The molecule has 0 saturated heterocycles. The lowest BCUT2D eigenvalue weighted by molar-refractivity contribution is 0.184. The van der Waals surface area contributed by atoms with Crippen molar-refractivity contribution >= 4 is 31.4 Å². The molecule has 2 N–H and O–H groups in total. The fourth-order valence-corrected chi connectivity index (χ4v) is 4.58. The number of aliphatic hydroxyl groups excluding tert-OH is 1. The predicted octanol–water partition coefficient (Wildman–Crippen LogP) is 3.19. The maximum Gasteiger partial charge on any atom is 0.215 e. The van der Waals surface area contributed by atoms with Crippen LogP contribution in [0.25, 0.3) is 10.1 Å². The summed E-state index contributed by atoms with van der Waals surface area (Å²) < 4.78 is 40.5. The van der Waals surface area contributed by atoms with Gasteiger partial charge in [-0.15, -0.1) is 11.3 Å². The molecule has 3 aromatic rings. The average molecular weight is 365 g/mol. The summed E-state index contributed by atoms with van der Waals surface area (Å²) in [5.74, 6) is -0.673. The molecule has 0 radical (unpaired) electrons. The number of benzene rings is 2. The maximum atomic E-state index is 12.9. The predicted molar refractivity (Wildman–Crippen MR) is 93.8 cm³/mol. The Bertz CT molecular complexity index is 936. The molecule has 2 aromatic carbocycles. The topological polar surface area (TPSA) is 66.4 Å². The molecule has 7 heteroatoms. The number of hydrogen-bond acceptors (Lipinski definition) is 4. The average Bonchev–Trinajstić information content (AvgIpc) is 2.99. The molecular weight excluding hydrogens is 349 g/mol. The number of halogens is 1. The van der Waals surface area contributed by atoms with E-state index in [-0.39, 0.29) is 12.3 Å². The molecule has 0 amide bonds. The fraction of sp³-hybridized carbons (Fsp3) is 0.176. The number of thiophene rings is 1. The minimum absolute atomic E-state index is 0.107. The Balaban J connectivity index is 1.66. The lowest BCUT2D eigenvalue weighted by Crippen LogP contribution is -2.29. The Hall–Kier alpha value is -1.80. The SMILES string of the molecule is O=S(=O)(Cc1ccc(F)cc1)NCC(O)c1csc2ccccc12. The highest BCUT2D eigenvalue weighted by Crippen LogP contribution is 2.29. The van der Waals surface area contributed by atoms with Gasteiger partial charge < -0.3 is 5.11 Å².